The zero-order valence-electron chi connectivity index (χ0n) is 83.8. The van der Waals surface area contributed by atoms with Crippen LogP contribution in [-0.2, 0) is 63.8 Å². The van der Waals surface area contributed by atoms with E-state index in [1.165, 1.54) is 285 Å². The van der Waals surface area contributed by atoms with Gasteiger partial charge in [-0.3, -0.25) is 19.2 Å². The van der Waals surface area contributed by atoms with E-state index in [1.807, 2.05) is 0 Å². The molecule has 8 bridgehead atoms. The summed E-state index contributed by atoms with van der Waals surface area (Å²) in [5.41, 5.74) is 17.7. The summed E-state index contributed by atoms with van der Waals surface area (Å²) in [4.78, 5) is 77.4. The molecule has 0 fully saturated rings. The first-order valence-corrected chi connectivity index (χ1v) is 53.8. The second-order valence-corrected chi connectivity index (χ2v) is 39.0. The van der Waals surface area contributed by atoms with Gasteiger partial charge in [-0.25, -0.2) is 9.97 Å². The van der Waals surface area contributed by atoms with Crippen LogP contribution in [0, 0.1) is 23.7 Å². The lowest BCUT2D eigenvalue weighted by atomic mass is 9.88. The highest BCUT2D eigenvalue weighted by Gasteiger charge is 2.30. The Labute approximate surface area is 799 Å². The van der Waals surface area contributed by atoms with Gasteiger partial charge in [0.25, 0.3) is 0 Å². The third-order valence-corrected chi connectivity index (χ3v) is 28.5. The molecule has 12 nitrogen and oxygen atoms in total. The number of H-pyrrole nitrogens is 2. The molecule has 0 spiro atoms. The number of aromatic amines is 2. The zero-order valence-corrected chi connectivity index (χ0v) is 83.8. The van der Waals surface area contributed by atoms with Crippen molar-refractivity contribution in [1.82, 2.24) is 19.9 Å². The smallest absolute Gasteiger partial charge is 0.308 e. The second kappa shape index (κ2) is 64.3. The molecule has 4 aromatic carbocycles. The second-order valence-electron chi connectivity index (χ2n) is 39.0. The largest absolute Gasteiger partial charge is 0.469 e. The van der Waals surface area contributed by atoms with Crippen molar-refractivity contribution in [2.45, 2.75) is 413 Å². The van der Waals surface area contributed by atoms with Crippen LogP contribution in [-0.4, -0.2) is 72.3 Å². The van der Waals surface area contributed by atoms with E-state index in [0.717, 1.165) is 189 Å². The maximum atomic E-state index is 14.3. The summed E-state index contributed by atoms with van der Waals surface area (Å²) in [6, 6.07) is 43.0. The number of hydrogen-bond acceptors (Lipinski definition) is 10. The molecular formula is C120H174N4O8. The van der Waals surface area contributed by atoms with Crippen molar-refractivity contribution in [3.05, 3.63) is 166 Å². The number of ether oxygens (including phenoxy) is 4. The van der Waals surface area contributed by atoms with Gasteiger partial charge in [-0.15, -0.1) is 0 Å². The van der Waals surface area contributed by atoms with Gasteiger partial charge in [-0.1, -0.05) is 459 Å². The predicted octanol–water partition coefficient (Wildman–Crippen LogP) is 34.6. The third-order valence-electron chi connectivity index (χ3n) is 28.5. The van der Waals surface area contributed by atoms with Crippen molar-refractivity contribution in [2.24, 2.45) is 23.7 Å². The molecule has 0 radical (unpaired) electrons. The predicted molar refractivity (Wildman–Crippen MR) is 559 cm³/mol. The molecule has 132 heavy (non-hydrogen) atoms. The number of unbranched alkanes of at least 4 members (excludes halogenated alkanes) is 48. The first-order valence-electron chi connectivity index (χ1n) is 53.8. The van der Waals surface area contributed by atoms with Gasteiger partial charge in [0.2, 0.25) is 0 Å². The van der Waals surface area contributed by atoms with Crippen molar-refractivity contribution < 1.29 is 38.1 Å². The van der Waals surface area contributed by atoms with E-state index in [4.69, 9.17) is 28.9 Å². The Kier molecular flexibility index (Phi) is 52.2. The molecule has 2 N–H and O–H groups in total. The molecular weight excluding hydrogens is 1630 g/mol. The first-order chi connectivity index (χ1) is 65.0. The van der Waals surface area contributed by atoms with Crippen molar-refractivity contribution in [2.75, 3.05) is 28.4 Å². The van der Waals surface area contributed by atoms with E-state index >= 15 is 0 Å². The Morgan fingerprint density at radius 2 is 0.386 bits per heavy atom. The molecule has 3 aromatic heterocycles. The average Bonchev–Trinajstić information content (AvgIpc) is 1.62. The molecule has 0 saturated carbocycles. The Balaban J connectivity index is 1.18. The number of carbonyl (C=O) groups is 4. The molecule has 722 valence electrons. The summed E-state index contributed by atoms with van der Waals surface area (Å²) in [6.07, 6.45) is 78.4. The van der Waals surface area contributed by atoms with Crippen LogP contribution in [0.3, 0.4) is 0 Å². The van der Waals surface area contributed by atoms with Crippen LogP contribution in [0.25, 0.3) is 90.9 Å². The molecule has 0 saturated heterocycles. The number of aromatic nitrogens is 4. The molecule has 7 aromatic rings. The molecule has 4 atom stereocenters. The fourth-order valence-corrected chi connectivity index (χ4v) is 20.7. The Hall–Kier alpha value is -8.64. The number of rotatable bonds is 72. The highest BCUT2D eigenvalue weighted by molar-refractivity contribution is 6.01. The van der Waals surface area contributed by atoms with E-state index in [0.29, 0.717) is 51.4 Å². The Bertz CT molecular complexity index is 4120. The summed E-state index contributed by atoms with van der Waals surface area (Å²) in [5, 5.41) is 0. The quantitative estimate of drug-likeness (QED) is 0.0213. The maximum absolute atomic E-state index is 14.3. The minimum Gasteiger partial charge on any atom is -0.469 e. The number of benzene rings is 4. The van der Waals surface area contributed by atoms with Gasteiger partial charge in [0.15, 0.2) is 0 Å². The molecule has 12 heteroatoms. The van der Waals surface area contributed by atoms with Crippen LogP contribution in [0.2, 0.25) is 0 Å². The van der Waals surface area contributed by atoms with Gasteiger partial charge in [0.1, 0.15) is 0 Å². The van der Waals surface area contributed by atoms with Crippen molar-refractivity contribution in [3.8, 4) is 44.5 Å². The highest BCUT2D eigenvalue weighted by Crippen LogP contribution is 2.44. The van der Waals surface area contributed by atoms with Gasteiger partial charge in [-0.2, -0.15) is 0 Å². The van der Waals surface area contributed by atoms with Gasteiger partial charge >= 0.3 is 23.9 Å². The molecule has 0 aliphatic carbocycles. The fourth-order valence-electron chi connectivity index (χ4n) is 20.7. The number of esters is 4. The number of methoxy groups -OCH3 is 4. The van der Waals surface area contributed by atoms with E-state index in [1.54, 1.807) is 0 Å². The van der Waals surface area contributed by atoms with Crippen LogP contribution in [0.4, 0.5) is 0 Å². The summed E-state index contributed by atoms with van der Waals surface area (Å²) >= 11 is 0. The van der Waals surface area contributed by atoms with Gasteiger partial charge in [0, 0.05) is 44.3 Å². The number of hydrogen-bond donors (Lipinski definition) is 2. The minimum atomic E-state index is -0.376. The Morgan fingerprint density at radius 3 is 0.553 bits per heavy atom. The number of nitrogens with one attached hydrogen (secondary N) is 2. The van der Waals surface area contributed by atoms with Gasteiger partial charge < -0.3 is 28.9 Å². The lowest BCUT2D eigenvalue weighted by Crippen LogP contribution is -2.19. The topological polar surface area (TPSA) is 163 Å². The lowest BCUT2D eigenvalue weighted by Gasteiger charge is -2.18. The number of nitrogens with zero attached hydrogens (tertiary/aromatic N) is 2. The normalized spacial score (nSPS) is 12.8. The minimum absolute atomic E-state index is 0.197. The third kappa shape index (κ3) is 36.5. The van der Waals surface area contributed by atoms with E-state index in [9.17, 15) is 19.2 Å². The van der Waals surface area contributed by atoms with Crippen LogP contribution < -0.4 is 0 Å². The van der Waals surface area contributed by atoms with Gasteiger partial charge in [0.05, 0.1) is 74.9 Å². The van der Waals surface area contributed by atoms with Crippen molar-refractivity contribution in [1.29, 1.82) is 0 Å². The van der Waals surface area contributed by atoms with Crippen molar-refractivity contribution in [3.63, 3.8) is 0 Å². The summed E-state index contributed by atoms with van der Waals surface area (Å²) in [5.74, 6) is -2.29. The Morgan fingerprint density at radius 1 is 0.227 bits per heavy atom. The lowest BCUT2D eigenvalue weighted by molar-refractivity contribution is -0.146. The number of carbonyl (C=O) groups excluding carboxylic acids is 4. The molecule has 2 aliphatic heterocycles. The average molecular weight is 1800 g/mol. The first kappa shape index (κ1) is 107. The fraction of sp³-hybridized carbons (Fsp3) is 0.600. The van der Waals surface area contributed by atoms with Crippen LogP contribution >= 0.6 is 0 Å². The number of fused-ring (bicyclic) bond motifs is 8. The van der Waals surface area contributed by atoms with Crippen LogP contribution in [0.1, 0.15) is 432 Å². The molecule has 9 rings (SSSR count). The van der Waals surface area contributed by atoms with E-state index in [2.05, 4.69) is 183 Å². The molecule has 0 amide bonds. The highest BCUT2D eigenvalue weighted by atomic mass is 16.5. The molecule has 2 aliphatic rings. The maximum Gasteiger partial charge on any atom is 0.308 e. The zero-order chi connectivity index (χ0) is 93.2. The van der Waals surface area contributed by atoms with Gasteiger partial charge in [-0.05, 0) is 144 Å². The van der Waals surface area contributed by atoms with Crippen molar-refractivity contribution >= 4 is 70.2 Å². The van der Waals surface area contributed by atoms with Crippen LogP contribution in [0.15, 0.2) is 121 Å². The summed E-state index contributed by atoms with van der Waals surface area (Å²) in [6.45, 7) is 9.13. The summed E-state index contributed by atoms with van der Waals surface area (Å²) < 4.78 is 22.9. The monoisotopic (exact) mass is 1800 g/mol. The standard InChI is InChI=1S/C120H174N4O8/c1-9-13-17-21-25-29-33-37-41-45-49-53-57-73-97(117(125)129-5)89-93-69-61-65-77-101(93)113-105-81-83-107(121-105)114(102-78-66-62-70-94(102)90-98(118(126)130-6)74-58-54-50-46-42-38-34-30-26-22-18-14-10-2)109-85-87-111(123-109)116(104-80-68-64-72-96(104)92-100(120(128)132-8)76-60-56-52-48-44-40-36-32-28-24-20-16-12-4)112-88-86-110(124-112)115(108-84-82-106(113)122-108)103-79-67-63-71-95(103)91-99(119(127)131-7)75-59-55-51-47-43-39-35-31-27-23-19-15-11-3/h61-72,77-88,97-100,121,124H,9-60,73-76,89-92H2,1-8H3. The summed E-state index contributed by atoms with van der Waals surface area (Å²) in [7, 11) is 6.12. The van der Waals surface area contributed by atoms with E-state index < -0.39 is 0 Å². The molecule has 4 unspecified atom stereocenters. The molecule has 5 heterocycles. The SMILES string of the molecule is CCCCCCCCCCCCCCCC(Cc1ccccc1-c1c2nc(c(-c3ccccc3CC(CCCCCCCCCCCCCCC)C(=O)OC)c3ccc([nH]3)c(-c3ccccc3CC(CCCCCCCCCCCCCCC)C(=O)OC)c3nc(c(-c4ccccc4CC(CCCCCCCCCCCCCCC)C(=O)OC)c4ccc1[nH]4)C=C3)C=C2)C(=O)OC. The van der Waals surface area contributed by atoms with E-state index in [-0.39, 0.29) is 47.5 Å². The van der Waals surface area contributed by atoms with Crippen LogP contribution in [0.5, 0.6) is 0 Å².